The molecule has 0 saturated heterocycles. The molecule has 1 aliphatic heterocycles. The maximum Gasteiger partial charge on any atom is 0.326 e. The average molecular weight is 481 g/mol. The highest BCUT2D eigenvalue weighted by atomic mass is 16.5. The van der Waals surface area contributed by atoms with Gasteiger partial charge in [-0.1, -0.05) is 66.7 Å². The lowest BCUT2D eigenvalue weighted by Crippen LogP contribution is -2.46. The zero-order valence-electron chi connectivity index (χ0n) is 20.6. The van der Waals surface area contributed by atoms with Gasteiger partial charge in [0.1, 0.15) is 5.75 Å². The SMILES string of the molecule is CCOc1ccc(C2NC(=O)N(c3cccc(CC)c3)C(C)=C2c2nc(-c3ccccc3)no2)cc1. The predicted octanol–water partition coefficient (Wildman–Crippen LogP) is 6.40. The van der Waals surface area contributed by atoms with Crippen LogP contribution in [0.5, 0.6) is 5.75 Å². The number of allylic oxidation sites excluding steroid dienone is 1. The molecule has 7 nitrogen and oxygen atoms in total. The van der Waals surface area contributed by atoms with Gasteiger partial charge in [0.15, 0.2) is 0 Å². The van der Waals surface area contributed by atoms with Crippen molar-refractivity contribution in [2.24, 2.45) is 0 Å². The van der Waals surface area contributed by atoms with Gasteiger partial charge in [0.05, 0.1) is 23.9 Å². The standard InChI is InChI=1S/C29H28N4O3/c1-4-20-10-9-13-23(18-20)33-19(3)25(28-31-27(32-36-28)22-11-7-6-8-12-22)26(30-29(33)34)21-14-16-24(17-15-21)35-5-2/h6-18,26H,4-5H2,1-3H3,(H,30,34). The number of benzene rings is 3. The number of rotatable bonds is 7. The Morgan fingerprint density at radius 1 is 1.00 bits per heavy atom. The third-order valence-corrected chi connectivity index (χ3v) is 6.27. The van der Waals surface area contributed by atoms with Crippen LogP contribution >= 0.6 is 0 Å². The third-order valence-electron chi connectivity index (χ3n) is 6.27. The Hall–Kier alpha value is -4.39. The molecule has 4 aromatic rings. The number of anilines is 1. The van der Waals surface area contributed by atoms with Gasteiger partial charge in [0.2, 0.25) is 5.82 Å². The molecular formula is C29H28N4O3. The first kappa shape index (κ1) is 23.4. The molecule has 1 aromatic heterocycles. The normalized spacial score (nSPS) is 15.7. The number of nitrogens with zero attached hydrogens (tertiary/aromatic N) is 3. The Morgan fingerprint density at radius 2 is 1.78 bits per heavy atom. The van der Waals surface area contributed by atoms with Gasteiger partial charge in [-0.3, -0.25) is 4.90 Å². The van der Waals surface area contributed by atoms with Crippen LogP contribution in [0.25, 0.3) is 17.0 Å². The molecule has 7 heteroatoms. The Morgan fingerprint density at radius 3 is 2.50 bits per heavy atom. The second kappa shape index (κ2) is 10.1. The lowest BCUT2D eigenvalue weighted by atomic mass is 9.94. The number of amides is 2. The summed E-state index contributed by atoms with van der Waals surface area (Å²) < 4.78 is 11.4. The molecule has 1 N–H and O–H groups in total. The van der Waals surface area contributed by atoms with Gasteiger partial charge in [-0.15, -0.1) is 0 Å². The first-order valence-electron chi connectivity index (χ1n) is 12.1. The Bertz CT molecular complexity index is 1390. The Balaban J connectivity index is 1.63. The van der Waals surface area contributed by atoms with E-state index >= 15 is 0 Å². The summed E-state index contributed by atoms with van der Waals surface area (Å²) in [4.78, 5) is 19.8. The average Bonchev–Trinajstić information content (AvgIpc) is 3.39. The van der Waals surface area contributed by atoms with Crippen LogP contribution in [-0.4, -0.2) is 22.8 Å². The first-order chi connectivity index (χ1) is 17.6. The summed E-state index contributed by atoms with van der Waals surface area (Å²) in [6.45, 7) is 6.54. The molecule has 2 amide bonds. The summed E-state index contributed by atoms with van der Waals surface area (Å²) in [5, 5.41) is 7.39. The van der Waals surface area contributed by atoms with E-state index in [-0.39, 0.29) is 6.03 Å². The molecule has 0 fully saturated rings. The molecule has 2 heterocycles. The van der Waals surface area contributed by atoms with E-state index in [0.29, 0.717) is 18.3 Å². The van der Waals surface area contributed by atoms with Gasteiger partial charge < -0.3 is 14.6 Å². The maximum atomic E-state index is 13.5. The number of carbonyl (C=O) groups excluding carboxylic acids is 1. The fourth-order valence-electron chi connectivity index (χ4n) is 4.46. The van der Waals surface area contributed by atoms with Gasteiger partial charge in [-0.05, 0) is 55.7 Å². The molecular weight excluding hydrogens is 452 g/mol. The van der Waals surface area contributed by atoms with E-state index in [1.807, 2.05) is 86.6 Å². The molecule has 1 atom stereocenters. The van der Waals surface area contributed by atoms with Crippen LogP contribution in [0, 0.1) is 0 Å². The van der Waals surface area contributed by atoms with Crippen molar-refractivity contribution in [1.29, 1.82) is 0 Å². The van der Waals surface area contributed by atoms with Gasteiger partial charge in [0, 0.05) is 11.3 Å². The molecule has 0 spiro atoms. The lowest BCUT2D eigenvalue weighted by Gasteiger charge is -2.35. The van der Waals surface area contributed by atoms with E-state index in [4.69, 9.17) is 14.2 Å². The minimum absolute atomic E-state index is 0.216. The zero-order chi connectivity index (χ0) is 25.1. The van der Waals surface area contributed by atoms with Crippen molar-refractivity contribution in [2.45, 2.75) is 33.2 Å². The molecule has 3 aromatic carbocycles. The molecule has 0 radical (unpaired) electrons. The number of nitrogens with one attached hydrogen (secondary N) is 1. The monoisotopic (exact) mass is 480 g/mol. The third kappa shape index (κ3) is 4.47. The molecule has 0 aliphatic carbocycles. The molecule has 1 aliphatic rings. The number of aromatic nitrogens is 2. The quantitative estimate of drug-likeness (QED) is 0.331. The Labute approximate surface area is 210 Å². The number of hydrogen-bond acceptors (Lipinski definition) is 5. The van der Waals surface area contributed by atoms with Gasteiger partial charge >= 0.3 is 6.03 Å². The molecule has 36 heavy (non-hydrogen) atoms. The second-order valence-corrected chi connectivity index (χ2v) is 8.53. The molecule has 182 valence electrons. The van der Waals surface area contributed by atoms with Crippen LogP contribution in [0.3, 0.4) is 0 Å². The summed E-state index contributed by atoms with van der Waals surface area (Å²) in [5.41, 5.74) is 5.16. The zero-order valence-corrected chi connectivity index (χ0v) is 20.6. The van der Waals surface area contributed by atoms with Crippen molar-refractivity contribution in [3.05, 3.63) is 102 Å². The highest BCUT2D eigenvalue weighted by molar-refractivity contribution is 6.01. The summed E-state index contributed by atoms with van der Waals surface area (Å²) in [5.74, 6) is 1.63. The molecule has 0 saturated carbocycles. The van der Waals surface area contributed by atoms with E-state index in [0.717, 1.165) is 45.8 Å². The van der Waals surface area contributed by atoms with Crippen LogP contribution in [-0.2, 0) is 6.42 Å². The second-order valence-electron chi connectivity index (χ2n) is 8.53. The number of aryl methyl sites for hydroxylation is 1. The summed E-state index contributed by atoms with van der Waals surface area (Å²) in [6.07, 6.45) is 0.873. The molecule has 5 rings (SSSR count). The molecule has 0 bridgehead atoms. The molecule has 1 unspecified atom stereocenters. The van der Waals surface area contributed by atoms with Crippen molar-refractivity contribution in [3.8, 4) is 17.1 Å². The number of carbonyl (C=O) groups is 1. The van der Waals surface area contributed by atoms with Crippen LogP contribution in [0.15, 0.2) is 89.1 Å². The fraction of sp³-hybridized carbons (Fsp3) is 0.207. The van der Waals surface area contributed by atoms with E-state index in [1.54, 1.807) is 4.90 Å². The van der Waals surface area contributed by atoms with Crippen molar-refractivity contribution in [3.63, 3.8) is 0 Å². The summed E-state index contributed by atoms with van der Waals surface area (Å²) in [7, 11) is 0. The largest absolute Gasteiger partial charge is 0.494 e. The summed E-state index contributed by atoms with van der Waals surface area (Å²) in [6, 6.07) is 24.7. The maximum absolute atomic E-state index is 13.5. The van der Waals surface area contributed by atoms with E-state index in [1.165, 1.54) is 0 Å². The van der Waals surface area contributed by atoms with Crippen molar-refractivity contribution >= 4 is 17.3 Å². The van der Waals surface area contributed by atoms with Crippen molar-refractivity contribution < 1.29 is 14.1 Å². The topological polar surface area (TPSA) is 80.5 Å². The number of hydrogen-bond donors (Lipinski definition) is 1. The first-order valence-corrected chi connectivity index (χ1v) is 12.1. The van der Waals surface area contributed by atoms with Crippen LogP contribution in [0.2, 0.25) is 0 Å². The number of urea groups is 1. The fourth-order valence-corrected chi connectivity index (χ4v) is 4.46. The van der Waals surface area contributed by atoms with Crippen molar-refractivity contribution in [1.82, 2.24) is 15.5 Å². The highest BCUT2D eigenvalue weighted by Gasteiger charge is 2.36. The Kier molecular flexibility index (Phi) is 6.54. The van der Waals surface area contributed by atoms with Crippen molar-refractivity contribution in [2.75, 3.05) is 11.5 Å². The van der Waals surface area contributed by atoms with Gasteiger partial charge in [-0.2, -0.15) is 4.98 Å². The predicted molar refractivity (Wildman–Crippen MR) is 140 cm³/mol. The minimum Gasteiger partial charge on any atom is -0.494 e. The minimum atomic E-state index is -0.470. The van der Waals surface area contributed by atoms with Gasteiger partial charge in [0.25, 0.3) is 5.89 Å². The smallest absolute Gasteiger partial charge is 0.326 e. The van der Waals surface area contributed by atoms with E-state index in [2.05, 4.69) is 23.5 Å². The van der Waals surface area contributed by atoms with E-state index < -0.39 is 6.04 Å². The van der Waals surface area contributed by atoms with Gasteiger partial charge in [-0.25, -0.2) is 4.79 Å². The van der Waals surface area contributed by atoms with E-state index in [9.17, 15) is 4.79 Å². The van der Waals surface area contributed by atoms with Crippen LogP contribution in [0.4, 0.5) is 10.5 Å². The van der Waals surface area contributed by atoms with Crippen LogP contribution < -0.4 is 15.0 Å². The lowest BCUT2D eigenvalue weighted by molar-refractivity contribution is 0.244. The van der Waals surface area contributed by atoms with Crippen LogP contribution in [0.1, 0.15) is 43.8 Å². The highest BCUT2D eigenvalue weighted by Crippen LogP contribution is 2.39. The summed E-state index contributed by atoms with van der Waals surface area (Å²) >= 11 is 0. The number of ether oxygens (including phenoxy) is 1.